The van der Waals surface area contributed by atoms with Crippen LogP contribution >= 0.6 is 11.8 Å². The van der Waals surface area contributed by atoms with Crippen molar-refractivity contribution in [2.24, 2.45) is 0 Å². The van der Waals surface area contributed by atoms with Gasteiger partial charge in [-0.3, -0.25) is 0 Å². The van der Waals surface area contributed by atoms with Gasteiger partial charge in [-0.15, -0.1) is 11.8 Å². The lowest BCUT2D eigenvalue weighted by atomic mass is 10.3. The molecule has 0 spiro atoms. The van der Waals surface area contributed by atoms with Gasteiger partial charge in [-0.05, 0) is 31.2 Å². The van der Waals surface area contributed by atoms with E-state index in [2.05, 4.69) is 0 Å². The standard InChI is InChI=1S/C14H24N2O3S2/c1-3-16(9-10-19-4-2)21(17,18)12-11-20-14-7-5-13(15)6-8-14/h5-8H,3-4,9-12,15H2,1-2H3. The summed E-state index contributed by atoms with van der Waals surface area (Å²) in [6, 6.07) is 7.44. The molecule has 7 heteroatoms. The molecule has 1 rings (SSSR count). The summed E-state index contributed by atoms with van der Waals surface area (Å²) in [6.07, 6.45) is 0. The van der Waals surface area contributed by atoms with Crippen LogP contribution in [-0.4, -0.2) is 50.5 Å². The molecule has 1 aromatic rings. The van der Waals surface area contributed by atoms with E-state index in [1.165, 1.54) is 16.1 Å². The summed E-state index contributed by atoms with van der Waals surface area (Å²) in [5.41, 5.74) is 6.33. The zero-order chi connectivity index (χ0) is 15.7. The lowest BCUT2D eigenvalue weighted by Crippen LogP contribution is -2.36. The largest absolute Gasteiger partial charge is 0.399 e. The Morgan fingerprint density at radius 1 is 1.24 bits per heavy atom. The highest BCUT2D eigenvalue weighted by molar-refractivity contribution is 8.00. The van der Waals surface area contributed by atoms with Gasteiger partial charge >= 0.3 is 0 Å². The average molecular weight is 332 g/mol. The normalized spacial score (nSPS) is 12.0. The summed E-state index contributed by atoms with van der Waals surface area (Å²) >= 11 is 1.52. The fraction of sp³-hybridized carbons (Fsp3) is 0.571. The van der Waals surface area contributed by atoms with Gasteiger partial charge in [-0.1, -0.05) is 6.92 Å². The molecule has 5 nitrogen and oxygen atoms in total. The Hall–Kier alpha value is -0.760. The second kappa shape index (κ2) is 9.30. The molecule has 0 heterocycles. The Kier molecular flexibility index (Phi) is 8.10. The number of rotatable bonds is 10. The number of nitrogens with two attached hydrogens (primary N) is 1. The number of nitrogens with zero attached hydrogens (tertiary/aromatic N) is 1. The van der Waals surface area contributed by atoms with E-state index in [0.717, 1.165) is 4.90 Å². The van der Waals surface area contributed by atoms with Gasteiger partial charge < -0.3 is 10.5 Å². The summed E-state index contributed by atoms with van der Waals surface area (Å²) in [5, 5.41) is 0. The molecule has 0 radical (unpaired) electrons. The summed E-state index contributed by atoms with van der Waals surface area (Å²) in [7, 11) is -3.22. The third-order valence-corrected chi connectivity index (χ3v) is 6.15. The van der Waals surface area contributed by atoms with Gasteiger partial charge in [0.15, 0.2) is 0 Å². The van der Waals surface area contributed by atoms with Gasteiger partial charge in [0, 0.05) is 36.0 Å². The molecule has 0 unspecified atom stereocenters. The molecule has 0 atom stereocenters. The van der Waals surface area contributed by atoms with Crippen molar-refractivity contribution in [3.63, 3.8) is 0 Å². The molecule has 0 amide bonds. The third-order valence-electron chi connectivity index (χ3n) is 2.93. The van der Waals surface area contributed by atoms with Crippen LogP contribution in [0.15, 0.2) is 29.2 Å². The van der Waals surface area contributed by atoms with Crippen LogP contribution in [0.1, 0.15) is 13.8 Å². The van der Waals surface area contributed by atoms with Gasteiger partial charge in [0.2, 0.25) is 10.0 Å². The summed E-state index contributed by atoms with van der Waals surface area (Å²) in [6.45, 7) is 5.67. The molecule has 0 saturated carbocycles. The van der Waals surface area contributed by atoms with Crippen molar-refractivity contribution in [3.8, 4) is 0 Å². The van der Waals surface area contributed by atoms with Crippen molar-refractivity contribution in [2.75, 3.05) is 43.5 Å². The summed E-state index contributed by atoms with van der Waals surface area (Å²) in [5.74, 6) is 0.652. The van der Waals surface area contributed by atoms with E-state index in [1.54, 1.807) is 0 Å². The number of likely N-dealkylation sites (N-methyl/N-ethyl adjacent to an activating group) is 1. The number of thioether (sulfide) groups is 1. The minimum Gasteiger partial charge on any atom is -0.399 e. The lowest BCUT2D eigenvalue weighted by Gasteiger charge is -2.20. The van der Waals surface area contributed by atoms with Crippen molar-refractivity contribution >= 4 is 27.5 Å². The van der Waals surface area contributed by atoms with Crippen LogP contribution in [0.2, 0.25) is 0 Å². The van der Waals surface area contributed by atoms with E-state index in [4.69, 9.17) is 10.5 Å². The van der Waals surface area contributed by atoms with E-state index in [0.29, 0.717) is 37.7 Å². The molecule has 0 saturated heterocycles. The van der Waals surface area contributed by atoms with Crippen LogP contribution in [0.25, 0.3) is 0 Å². The number of ether oxygens (including phenoxy) is 1. The molecule has 0 aromatic heterocycles. The van der Waals surface area contributed by atoms with Crippen molar-refractivity contribution in [2.45, 2.75) is 18.7 Å². The number of benzene rings is 1. The number of hydrogen-bond acceptors (Lipinski definition) is 5. The molecular formula is C14H24N2O3S2. The molecule has 1 aromatic carbocycles. The molecular weight excluding hydrogens is 308 g/mol. The van der Waals surface area contributed by atoms with Crippen molar-refractivity contribution < 1.29 is 13.2 Å². The first-order valence-electron chi connectivity index (χ1n) is 7.03. The maximum Gasteiger partial charge on any atom is 0.214 e. The SMILES string of the molecule is CCOCCN(CC)S(=O)(=O)CCSc1ccc(N)cc1. The highest BCUT2D eigenvalue weighted by Gasteiger charge is 2.19. The first-order chi connectivity index (χ1) is 9.99. The Bertz CT molecular complexity index is 503. The number of hydrogen-bond donors (Lipinski definition) is 1. The van der Waals surface area contributed by atoms with Gasteiger partial charge in [0.1, 0.15) is 0 Å². The third kappa shape index (κ3) is 6.69. The topological polar surface area (TPSA) is 72.6 Å². The molecule has 21 heavy (non-hydrogen) atoms. The molecule has 120 valence electrons. The maximum atomic E-state index is 12.2. The zero-order valence-corrected chi connectivity index (χ0v) is 14.3. The minimum absolute atomic E-state index is 0.127. The van der Waals surface area contributed by atoms with Crippen LogP contribution < -0.4 is 5.73 Å². The van der Waals surface area contributed by atoms with Crippen molar-refractivity contribution in [1.82, 2.24) is 4.31 Å². The quantitative estimate of drug-likeness (QED) is 0.403. The first kappa shape index (κ1) is 18.3. The van der Waals surface area contributed by atoms with Crippen LogP contribution in [0, 0.1) is 0 Å². The Balaban J connectivity index is 2.45. The summed E-state index contributed by atoms with van der Waals surface area (Å²) < 4.78 is 31.2. The Labute approximate surface area is 131 Å². The van der Waals surface area contributed by atoms with E-state index >= 15 is 0 Å². The summed E-state index contributed by atoms with van der Waals surface area (Å²) in [4.78, 5) is 1.02. The number of sulfonamides is 1. The lowest BCUT2D eigenvalue weighted by molar-refractivity contribution is 0.135. The fourth-order valence-electron chi connectivity index (χ4n) is 1.76. The van der Waals surface area contributed by atoms with E-state index in [9.17, 15) is 8.42 Å². The van der Waals surface area contributed by atoms with Crippen molar-refractivity contribution in [3.05, 3.63) is 24.3 Å². The Morgan fingerprint density at radius 2 is 1.90 bits per heavy atom. The monoisotopic (exact) mass is 332 g/mol. The zero-order valence-electron chi connectivity index (χ0n) is 12.6. The fourth-order valence-corrected chi connectivity index (χ4v) is 4.51. The van der Waals surface area contributed by atoms with Crippen molar-refractivity contribution in [1.29, 1.82) is 0 Å². The molecule has 0 aliphatic heterocycles. The molecule has 0 aliphatic rings. The average Bonchev–Trinajstić information content (AvgIpc) is 2.45. The van der Waals surface area contributed by atoms with E-state index in [-0.39, 0.29) is 5.75 Å². The Morgan fingerprint density at radius 3 is 2.48 bits per heavy atom. The molecule has 0 aliphatic carbocycles. The smallest absolute Gasteiger partial charge is 0.214 e. The van der Waals surface area contributed by atoms with Gasteiger partial charge in [-0.2, -0.15) is 4.31 Å². The highest BCUT2D eigenvalue weighted by Crippen LogP contribution is 2.19. The van der Waals surface area contributed by atoms with E-state index < -0.39 is 10.0 Å². The van der Waals surface area contributed by atoms with Gasteiger partial charge in [0.05, 0.1) is 12.4 Å². The van der Waals surface area contributed by atoms with Gasteiger partial charge in [0.25, 0.3) is 0 Å². The number of anilines is 1. The molecule has 2 N–H and O–H groups in total. The predicted molar refractivity (Wildman–Crippen MR) is 89.1 cm³/mol. The molecule has 0 bridgehead atoms. The minimum atomic E-state index is -3.22. The maximum absolute atomic E-state index is 12.2. The van der Waals surface area contributed by atoms with E-state index in [1.807, 2.05) is 38.1 Å². The number of nitrogen functional groups attached to an aromatic ring is 1. The first-order valence-corrected chi connectivity index (χ1v) is 9.63. The predicted octanol–water partition coefficient (Wildman–Crippen LogP) is 2.05. The second-order valence-electron chi connectivity index (χ2n) is 4.42. The van der Waals surface area contributed by atoms with Gasteiger partial charge in [-0.25, -0.2) is 8.42 Å². The molecule has 0 fully saturated rings. The van der Waals surface area contributed by atoms with Crippen LogP contribution in [-0.2, 0) is 14.8 Å². The second-order valence-corrected chi connectivity index (χ2v) is 7.68. The van der Waals surface area contributed by atoms with Crippen LogP contribution in [0.3, 0.4) is 0 Å². The highest BCUT2D eigenvalue weighted by atomic mass is 32.2. The van der Waals surface area contributed by atoms with Crippen LogP contribution in [0.5, 0.6) is 0 Å². The van der Waals surface area contributed by atoms with Crippen LogP contribution in [0.4, 0.5) is 5.69 Å².